The van der Waals surface area contributed by atoms with E-state index in [1.165, 1.54) is 0 Å². The number of fused-ring (bicyclic) bond motifs is 2. The zero-order valence-corrected chi connectivity index (χ0v) is 24.7. The van der Waals surface area contributed by atoms with Crippen LogP contribution in [0.2, 0.25) is 0 Å². The molecule has 0 N–H and O–H groups in total. The average molecular weight is 701 g/mol. The van der Waals surface area contributed by atoms with Crippen molar-refractivity contribution < 1.29 is 20.1 Å². The maximum atomic E-state index is 4.76. The van der Waals surface area contributed by atoms with E-state index in [4.69, 9.17) is 9.97 Å². The third-order valence-electron chi connectivity index (χ3n) is 6.45. The van der Waals surface area contributed by atoms with Crippen molar-refractivity contribution in [2.75, 3.05) is 9.80 Å². The number of benzene rings is 3. The minimum Gasteiger partial charge on any atom is -0.477 e. The molecule has 40 heavy (non-hydrogen) atoms. The van der Waals surface area contributed by atoms with Crippen LogP contribution in [0.1, 0.15) is 17.0 Å². The van der Waals surface area contributed by atoms with Gasteiger partial charge in [0.05, 0.1) is 17.2 Å². The van der Waals surface area contributed by atoms with Gasteiger partial charge in [0, 0.05) is 11.9 Å². The van der Waals surface area contributed by atoms with Gasteiger partial charge in [-0.15, -0.1) is 48.3 Å². The van der Waals surface area contributed by atoms with E-state index in [9.17, 15) is 0 Å². The van der Waals surface area contributed by atoms with Crippen LogP contribution in [0.4, 0.5) is 23.0 Å². The van der Waals surface area contributed by atoms with Gasteiger partial charge < -0.3 is 9.80 Å². The molecule has 0 atom stereocenters. The molecule has 4 heterocycles. The van der Waals surface area contributed by atoms with E-state index in [1.807, 2.05) is 117 Å². The largest absolute Gasteiger partial charge is 3.00 e. The number of aryl methyl sites for hydroxylation is 3. The van der Waals surface area contributed by atoms with Gasteiger partial charge in [-0.3, -0.25) is 4.98 Å². The summed E-state index contributed by atoms with van der Waals surface area (Å²) in [5, 5.41) is 4.42. The molecule has 0 saturated heterocycles. The number of hydrogen-bond donors (Lipinski definition) is 0. The summed E-state index contributed by atoms with van der Waals surface area (Å²) in [5.74, 6) is 2.39. The van der Waals surface area contributed by atoms with Crippen molar-refractivity contribution in [3.05, 3.63) is 133 Å². The van der Waals surface area contributed by atoms with Gasteiger partial charge in [-0.05, 0) is 44.5 Å². The van der Waals surface area contributed by atoms with Gasteiger partial charge in [-0.25, -0.2) is 14.5 Å². The Morgan fingerprint density at radius 3 is 2.00 bits per heavy atom. The van der Waals surface area contributed by atoms with Gasteiger partial charge in [-0.1, -0.05) is 24.3 Å². The van der Waals surface area contributed by atoms with Crippen LogP contribution in [-0.2, 0) is 20.1 Å². The van der Waals surface area contributed by atoms with Crippen molar-refractivity contribution in [2.24, 2.45) is 0 Å². The molecule has 0 unspecified atom stereocenters. The molecule has 0 aliphatic carbocycles. The first-order valence-electron chi connectivity index (χ1n) is 12.7. The van der Waals surface area contributed by atoms with Crippen LogP contribution >= 0.6 is 0 Å². The van der Waals surface area contributed by atoms with Crippen LogP contribution in [0.3, 0.4) is 0 Å². The molecule has 198 valence electrons. The minimum absolute atomic E-state index is 0. The molecule has 0 saturated carbocycles. The topological polar surface area (TPSA) is 62.5 Å². The van der Waals surface area contributed by atoms with Crippen molar-refractivity contribution in [3.63, 3.8) is 0 Å². The summed E-state index contributed by atoms with van der Waals surface area (Å²) < 4.78 is 1.80. The molecule has 0 spiro atoms. The van der Waals surface area contributed by atoms with E-state index in [0.29, 0.717) is 0 Å². The fourth-order valence-electron chi connectivity index (χ4n) is 4.30. The molecular weight excluding hydrogens is 675 g/mol. The molecule has 0 amide bonds. The molecule has 0 radical (unpaired) electrons. The molecule has 0 fully saturated rings. The third kappa shape index (κ3) is 5.37. The second-order valence-corrected chi connectivity index (χ2v) is 9.15. The second-order valence-electron chi connectivity index (χ2n) is 9.15. The predicted molar refractivity (Wildman–Crippen MR) is 154 cm³/mol. The van der Waals surface area contributed by atoms with Crippen molar-refractivity contribution in [1.29, 1.82) is 0 Å². The van der Waals surface area contributed by atoms with Crippen molar-refractivity contribution >= 4 is 28.7 Å². The van der Waals surface area contributed by atoms with E-state index in [2.05, 4.69) is 39.2 Å². The number of para-hydroxylation sites is 2. The maximum absolute atomic E-state index is 4.76. The standard InChI is InChI=1S/C19H16N4.C13H10N3.Ir/c1-14-15(2)21-19-18(20-14)22(16-9-5-3-6-10-16)13-23(19)17-11-7-4-8-12-17;1-10-6-5-9-16-13(10)14-12(15-16)11-7-3-2-4-8-11;/h3-11,13H,1-2H3;2-7,9H,1H3;/q-2;-1;+3. The van der Waals surface area contributed by atoms with Gasteiger partial charge in [0.15, 0.2) is 0 Å². The summed E-state index contributed by atoms with van der Waals surface area (Å²) in [7, 11) is 0. The van der Waals surface area contributed by atoms with Crippen molar-refractivity contribution in [3.8, 4) is 11.4 Å². The van der Waals surface area contributed by atoms with Gasteiger partial charge in [-0.2, -0.15) is 35.4 Å². The van der Waals surface area contributed by atoms with Crippen molar-refractivity contribution in [2.45, 2.75) is 20.8 Å². The minimum atomic E-state index is 0. The summed E-state index contributed by atoms with van der Waals surface area (Å²) in [4.78, 5) is 18.1. The number of nitrogens with zero attached hydrogens (tertiary/aromatic N) is 7. The Hall–Kier alpha value is -4.39. The Bertz CT molecular complexity index is 1650. The van der Waals surface area contributed by atoms with E-state index < -0.39 is 0 Å². The summed E-state index contributed by atoms with van der Waals surface area (Å²) in [5.41, 5.74) is 6.83. The first-order chi connectivity index (χ1) is 19.1. The molecule has 3 aromatic heterocycles. The zero-order chi connectivity index (χ0) is 26.8. The molecule has 6 aromatic rings. The summed E-state index contributed by atoms with van der Waals surface area (Å²) in [6.07, 6.45) is 1.90. The monoisotopic (exact) mass is 701 g/mol. The zero-order valence-electron chi connectivity index (χ0n) is 22.3. The van der Waals surface area contributed by atoms with E-state index in [-0.39, 0.29) is 20.1 Å². The predicted octanol–water partition coefficient (Wildman–Crippen LogP) is 6.81. The molecule has 8 heteroatoms. The number of aromatic nitrogens is 5. The smallest absolute Gasteiger partial charge is 0.477 e. The number of pyridine rings is 1. The Kier molecular flexibility index (Phi) is 8.01. The van der Waals surface area contributed by atoms with E-state index >= 15 is 0 Å². The summed E-state index contributed by atoms with van der Waals surface area (Å²) >= 11 is 0. The van der Waals surface area contributed by atoms with Crippen LogP contribution in [0.25, 0.3) is 17.0 Å². The first-order valence-corrected chi connectivity index (χ1v) is 12.7. The third-order valence-corrected chi connectivity index (χ3v) is 6.45. The summed E-state index contributed by atoms with van der Waals surface area (Å²) in [6.45, 7) is 8.02. The Labute approximate surface area is 247 Å². The Morgan fingerprint density at radius 2 is 1.35 bits per heavy atom. The van der Waals surface area contributed by atoms with Gasteiger partial charge in [0.1, 0.15) is 17.3 Å². The molecule has 0 bridgehead atoms. The van der Waals surface area contributed by atoms with Gasteiger partial charge >= 0.3 is 20.1 Å². The van der Waals surface area contributed by atoms with Gasteiger partial charge in [0.2, 0.25) is 0 Å². The van der Waals surface area contributed by atoms with E-state index in [0.717, 1.165) is 57.0 Å². The molecule has 7 nitrogen and oxygen atoms in total. The molecule has 1 aliphatic heterocycles. The normalized spacial score (nSPS) is 12.0. The molecule has 3 aromatic carbocycles. The van der Waals surface area contributed by atoms with E-state index in [1.54, 1.807) is 4.52 Å². The number of hydrogen-bond acceptors (Lipinski definition) is 6. The van der Waals surface area contributed by atoms with Gasteiger partial charge in [0.25, 0.3) is 0 Å². The Morgan fingerprint density at radius 1 is 0.675 bits per heavy atom. The molecule has 7 rings (SSSR count). The van der Waals surface area contributed by atoms with Crippen LogP contribution in [0.15, 0.2) is 97.2 Å². The van der Waals surface area contributed by atoms with Crippen LogP contribution in [-0.4, -0.2) is 24.6 Å². The molecule has 1 aliphatic rings. The quantitative estimate of drug-likeness (QED) is 0.189. The SMILES string of the molecule is Cc1cccn2nc(-c3[c-]cccc3)nc12.Cc1nc2c(nc1C)N(c1ccccc1)[CH-]N2c1[c-]cccc1.[Ir+3]. The number of anilines is 4. The fraction of sp³-hybridized carbons (Fsp3) is 0.0938. The van der Waals surface area contributed by atoms with Crippen LogP contribution in [0, 0.1) is 39.6 Å². The number of rotatable bonds is 3. The fourth-order valence-corrected chi connectivity index (χ4v) is 4.30. The first kappa shape index (κ1) is 27.2. The second kappa shape index (κ2) is 11.8. The summed E-state index contributed by atoms with van der Waals surface area (Å²) in [6, 6.07) is 36.2. The van der Waals surface area contributed by atoms with Crippen LogP contribution in [0.5, 0.6) is 0 Å². The molecular formula is C32H26IrN7. The Balaban J connectivity index is 0.000000167. The van der Waals surface area contributed by atoms with Crippen LogP contribution < -0.4 is 9.80 Å². The maximum Gasteiger partial charge on any atom is 3.00 e. The van der Waals surface area contributed by atoms with Crippen molar-refractivity contribution in [1.82, 2.24) is 24.6 Å². The average Bonchev–Trinajstić information content (AvgIpc) is 3.58.